The number of carbonyl (C=O) groups excluding carboxylic acids is 1. The molecule has 0 fully saturated rings. The number of amides is 1. The number of rotatable bonds is 6. The van der Waals surface area contributed by atoms with Crippen LogP contribution in [0, 0.1) is 19.7 Å². The summed E-state index contributed by atoms with van der Waals surface area (Å²) >= 11 is 0. The lowest BCUT2D eigenvalue weighted by atomic mass is 9.83. The molecule has 1 aliphatic rings. The molecule has 4 heteroatoms. The van der Waals surface area contributed by atoms with E-state index in [4.69, 9.17) is 0 Å². The van der Waals surface area contributed by atoms with Gasteiger partial charge in [-0.15, -0.1) is 0 Å². The summed E-state index contributed by atoms with van der Waals surface area (Å²) in [6, 6.07) is 27.8. The summed E-state index contributed by atoms with van der Waals surface area (Å²) in [5, 5.41) is 0. The summed E-state index contributed by atoms with van der Waals surface area (Å²) in [6.07, 6.45) is 5.87. The average Bonchev–Trinajstić information content (AvgIpc) is 2.95. The Hall–Kier alpha value is -3.79. The van der Waals surface area contributed by atoms with Crippen LogP contribution in [0.15, 0.2) is 91.1 Å². The van der Waals surface area contributed by atoms with Gasteiger partial charge in [0, 0.05) is 18.3 Å². The maximum atomic E-state index is 13.5. The number of hydrogen-bond acceptors (Lipinski definition) is 2. The number of nitrogens with zero attached hydrogens (tertiary/aromatic N) is 2. The van der Waals surface area contributed by atoms with Crippen molar-refractivity contribution in [3.05, 3.63) is 130 Å². The molecule has 0 spiro atoms. The second kappa shape index (κ2) is 13.3. The van der Waals surface area contributed by atoms with Gasteiger partial charge in [0.1, 0.15) is 5.82 Å². The maximum absolute atomic E-state index is 13.5. The molecule has 0 saturated heterocycles. The molecule has 1 aliphatic carbocycles. The van der Waals surface area contributed by atoms with Crippen LogP contribution in [-0.2, 0) is 17.8 Å². The second-order valence-corrected chi connectivity index (χ2v) is 10.7. The molecule has 202 valence electrons. The zero-order chi connectivity index (χ0) is 27.8. The molecule has 39 heavy (non-hydrogen) atoms. The minimum absolute atomic E-state index is 0.124. The van der Waals surface area contributed by atoms with E-state index in [-0.39, 0.29) is 17.6 Å². The Morgan fingerprint density at radius 1 is 1.00 bits per heavy atom. The van der Waals surface area contributed by atoms with Crippen molar-refractivity contribution >= 4 is 11.6 Å². The number of halogens is 1. The van der Waals surface area contributed by atoms with E-state index in [0.717, 1.165) is 28.9 Å². The molecule has 0 radical (unpaired) electrons. The predicted molar refractivity (Wildman–Crippen MR) is 159 cm³/mol. The number of aromatic nitrogens is 1. The van der Waals surface area contributed by atoms with Gasteiger partial charge < -0.3 is 4.90 Å². The molecule has 3 aromatic carbocycles. The Bertz CT molecular complexity index is 1370. The lowest BCUT2D eigenvalue weighted by Gasteiger charge is -2.28. The SMILES string of the molecule is C[C@H](CC(=O)N(Cc1ccccn1)c1ccc2c(c1)[C@@H](C)CCC2)c1ccccc1.Cc1ccc(F)c(C)c1. The van der Waals surface area contributed by atoms with E-state index in [1.807, 2.05) is 54.3 Å². The minimum atomic E-state index is -0.124. The third-order valence-corrected chi connectivity index (χ3v) is 7.57. The van der Waals surface area contributed by atoms with Crippen molar-refractivity contribution < 1.29 is 9.18 Å². The number of carbonyl (C=O) groups is 1. The summed E-state index contributed by atoms with van der Waals surface area (Å²) in [4.78, 5) is 19.9. The van der Waals surface area contributed by atoms with Gasteiger partial charge in [-0.3, -0.25) is 9.78 Å². The quantitative estimate of drug-likeness (QED) is 0.254. The molecule has 5 rings (SSSR count). The lowest BCUT2D eigenvalue weighted by molar-refractivity contribution is -0.119. The monoisotopic (exact) mass is 522 g/mol. The predicted octanol–water partition coefficient (Wildman–Crippen LogP) is 8.69. The van der Waals surface area contributed by atoms with Gasteiger partial charge in [0.25, 0.3) is 0 Å². The van der Waals surface area contributed by atoms with Gasteiger partial charge in [0.15, 0.2) is 0 Å². The first kappa shape index (κ1) is 28.2. The standard InChI is InChI=1S/C27H30N2O.C8H9F/c1-20-9-8-12-23-14-15-25(18-26(20)23)29(19-24-13-6-7-16-28-24)27(30)17-21(2)22-10-4-3-5-11-22;1-6-3-4-8(9)7(2)5-6/h3-7,10-11,13-16,18,20-21H,8-9,12,17,19H2,1-2H3;3-5H,1-2H3/t20-,21+;/m0./s1. The van der Waals surface area contributed by atoms with E-state index in [1.54, 1.807) is 19.2 Å². The first-order valence-corrected chi connectivity index (χ1v) is 13.9. The summed E-state index contributed by atoms with van der Waals surface area (Å²) in [5.74, 6) is 0.728. The second-order valence-electron chi connectivity index (χ2n) is 10.7. The molecule has 1 amide bonds. The van der Waals surface area contributed by atoms with Crippen LogP contribution in [-0.4, -0.2) is 10.9 Å². The molecule has 1 aromatic heterocycles. The Balaban J connectivity index is 0.000000333. The third kappa shape index (κ3) is 7.63. The summed E-state index contributed by atoms with van der Waals surface area (Å²) in [7, 11) is 0. The van der Waals surface area contributed by atoms with E-state index in [2.05, 4.69) is 49.2 Å². The first-order chi connectivity index (χ1) is 18.8. The van der Waals surface area contributed by atoms with Crippen LogP contribution in [0.4, 0.5) is 10.1 Å². The number of aryl methyl sites for hydroxylation is 3. The molecule has 0 aliphatic heterocycles. The van der Waals surface area contributed by atoms with Crippen molar-refractivity contribution in [2.45, 2.75) is 71.8 Å². The number of benzene rings is 3. The molecule has 0 saturated carbocycles. The van der Waals surface area contributed by atoms with Gasteiger partial charge in [-0.1, -0.05) is 74.0 Å². The van der Waals surface area contributed by atoms with Crippen LogP contribution in [0.25, 0.3) is 0 Å². The molecular weight excluding hydrogens is 483 g/mol. The molecule has 1 heterocycles. The average molecular weight is 523 g/mol. The Labute approximate surface area is 232 Å². The molecule has 0 bridgehead atoms. The fourth-order valence-corrected chi connectivity index (χ4v) is 5.23. The highest BCUT2D eigenvalue weighted by Gasteiger charge is 2.23. The van der Waals surface area contributed by atoms with E-state index < -0.39 is 0 Å². The van der Waals surface area contributed by atoms with Crippen molar-refractivity contribution in [3.8, 4) is 0 Å². The Morgan fingerprint density at radius 3 is 2.46 bits per heavy atom. The van der Waals surface area contributed by atoms with Gasteiger partial charge in [0.05, 0.1) is 12.2 Å². The van der Waals surface area contributed by atoms with Crippen molar-refractivity contribution in [1.82, 2.24) is 4.98 Å². The number of anilines is 1. The van der Waals surface area contributed by atoms with Crippen LogP contribution >= 0.6 is 0 Å². The highest BCUT2D eigenvalue weighted by molar-refractivity contribution is 5.94. The number of hydrogen-bond donors (Lipinski definition) is 0. The van der Waals surface area contributed by atoms with Gasteiger partial charge in [0.2, 0.25) is 5.91 Å². The fraction of sp³-hybridized carbons (Fsp3) is 0.314. The molecule has 3 nitrogen and oxygen atoms in total. The van der Waals surface area contributed by atoms with Crippen LogP contribution in [0.3, 0.4) is 0 Å². The van der Waals surface area contributed by atoms with Crippen LogP contribution in [0.5, 0.6) is 0 Å². The van der Waals surface area contributed by atoms with E-state index in [9.17, 15) is 9.18 Å². The van der Waals surface area contributed by atoms with Gasteiger partial charge in [-0.05, 0) is 97.5 Å². The molecule has 4 aromatic rings. The minimum Gasteiger partial charge on any atom is -0.306 e. The van der Waals surface area contributed by atoms with Crippen molar-refractivity contribution in [3.63, 3.8) is 0 Å². The molecule has 2 atom stereocenters. The van der Waals surface area contributed by atoms with Crippen LogP contribution in [0.2, 0.25) is 0 Å². The summed E-state index contributed by atoms with van der Waals surface area (Å²) in [5.41, 5.74) is 7.74. The largest absolute Gasteiger partial charge is 0.306 e. The zero-order valence-corrected chi connectivity index (χ0v) is 23.5. The third-order valence-electron chi connectivity index (χ3n) is 7.57. The molecule has 0 N–H and O–H groups in total. The van der Waals surface area contributed by atoms with Crippen LogP contribution in [0.1, 0.15) is 78.5 Å². The van der Waals surface area contributed by atoms with Crippen molar-refractivity contribution in [1.29, 1.82) is 0 Å². The topological polar surface area (TPSA) is 33.2 Å². The normalized spacial score (nSPS) is 14.9. The van der Waals surface area contributed by atoms with Crippen molar-refractivity contribution in [2.75, 3.05) is 4.90 Å². The smallest absolute Gasteiger partial charge is 0.227 e. The highest BCUT2D eigenvalue weighted by atomic mass is 19.1. The van der Waals surface area contributed by atoms with Gasteiger partial charge >= 0.3 is 0 Å². The van der Waals surface area contributed by atoms with E-state index in [0.29, 0.717) is 18.9 Å². The summed E-state index contributed by atoms with van der Waals surface area (Å²) in [6.45, 7) is 8.63. The van der Waals surface area contributed by atoms with E-state index in [1.165, 1.54) is 35.6 Å². The van der Waals surface area contributed by atoms with Gasteiger partial charge in [-0.25, -0.2) is 4.39 Å². The highest BCUT2D eigenvalue weighted by Crippen LogP contribution is 2.34. The van der Waals surface area contributed by atoms with Crippen LogP contribution < -0.4 is 4.90 Å². The Kier molecular flexibility index (Phi) is 9.64. The number of pyridine rings is 1. The first-order valence-electron chi connectivity index (χ1n) is 13.9. The van der Waals surface area contributed by atoms with Gasteiger partial charge in [-0.2, -0.15) is 0 Å². The number of fused-ring (bicyclic) bond motifs is 1. The van der Waals surface area contributed by atoms with E-state index >= 15 is 0 Å². The fourth-order valence-electron chi connectivity index (χ4n) is 5.23. The lowest BCUT2D eigenvalue weighted by Crippen LogP contribution is -2.32. The maximum Gasteiger partial charge on any atom is 0.227 e. The zero-order valence-electron chi connectivity index (χ0n) is 23.5. The molecular formula is C35H39FN2O. The van der Waals surface area contributed by atoms with Crippen molar-refractivity contribution in [2.24, 2.45) is 0 Å². The molecule has 0 unspecified atom stereocenters. The Morgan fingerprint density at radius 2 is 1.77 bits per heavy atom. The summed E-state index contributed by atoms with van der Waals surface area (Å²) < 4.78 is 12.5.